The van der Waals surface area contributed by atoms with Gasteiger partial charge in [0.25, 0.3) is 0 Å². The molecule has 0 aromatic heterocycles. The molecule has 0 bridgehead atoms. The van der Waals surface area contributed by atoms with Crippen LogP contribution in [0.5, 0.6) is 23.0 Å². The summed E-state index contributed by atoms with van der Waals surface area (Å²) in [7, 11) is 4.84. The number of ether oxygens (including phenoxy) is 4. The third-order valence-electron chi connectivity index (χ3n) is 4.38. The van der Waals surface area contributed by atoms with Gasteiger partial charge in [-0.1, -0.05) is 6.07 Å². The third kappa shape index (κ3) is 3.12. The molecule has 24 heavy (non-hydrogen) atoms. The van der Waals surface area contributed by atoms with Gasteiger partial charge in [-0.05, 0) is 36.2 Å². The number of hydrogen-bond donors (Lipinski definition) is 1. The van der Waals surface area contributed by atoms with E-state index in [9.17, 15) is 5.11 Å². The zero-order valence-electron chi connectivity index (χ0n) is 14.1. The monoisotopic (exact) mass is 330 g/mol. The molecule has 0 fully saturated rings. The topological polar surface area (TPSA) is 57.2 Å². The maximum absolute atomic E-state index is 10.7. The van der Waals surface area contributed by atoms with Crippen LogP contribution in [0.25, 0.3) is 0 Å². The molecular formula is C19H22O5. The molecule has 0 unspecified atom stereocenters. The van der Waals surface area contributed by atoms with E-state index in [1.54, 1.807) is 21.3 Å². The van der Waals surface area contributed by atoms with Crippen molar-refractivity contribution in [3.05, 3.63) is 47.5 Å². The Morgan fingerprint density at radius 2 is 1.79 bits per heavy atom. The Morgan fingerprint density at radius 1 is 1.00 bits per heavy atom. The fourth-order valence-electron chi connectivity index (χ4n) is 3.03. The summed E-state index contributed by atoms with van der Waals surface area (Å²) in [5, 5.41) is 10.7. The predicted octanol–water partition coefficient (Wildman–Crippen LogP) is 3.00. The molecule has 1 aliphatic rings. The number of aliphatic hydroxyl groups is 1. The van der Waals surface area contributed by atoms with Crippen LogP contribution in [0.4, 0.5) is 0 Å². The number of hydrogen-bond acceptors (Lipinski definition) is 5. The molecule has 0 saturated heterocycles. The first-order valence-electron chi connectivity index (χ1n) is 7.86. The zero-order valence-corrected chi connectivity index (χ0v) is 14.1. The van der Waals surface area contributed by atoms with Crippen molar-refractivity contribution < 1.29 is 24.1 Å². The highest BCUT2D eigenvalue weighted by molar-refractivity contribution is 5.45. The molecule has 2 aromatic rings. The SMILES string of the molecule is COc1ccc2c(c1)OC[C@@H](Cc1ccc(OC)c(OC)c1)[C@@H]2O. The lowest BCUT2D eigenvalue weighted by Gasteiger charge is -2.30. The van der Waals surface area contributed by atoms with Crippen LogP contribution in [0.15, 0.2) is 36.4 Å². The molecule has 2 aromatic carbocycles. The number of benzene rings is 2. The molecule has 2 atom stereocenters. The van der Waals surface area contributed by atoms with Crippen molar-refractivity contribution in [2.75, 3.05) is 27.9 Å². The summed E-state index contributed by atoms with van der Waals surface area (Å²) in [6.45, 7) is 0.454. The molecule has 128 valence electrons. The molecule has 1 aliphatic heterocycles. The number of rotatable bonds is 5. The summed E-state index contributed by atoms with van der Waals surface area (Å²) < 4.78 is 21.6. The lowest BCUT2D eigenvalue weighted by Crippen LogP contribution is -2.27. The van der Waals surface area contributed by atoms with Gasteiger partial charge in [0.15, 0.2) is 11.5 Å². The van der Waals surface area contributed by atoms with E-state index in [1.807, 2.05) is 36.4 Å². The van der Waals surface area contributed by atoms with Crippen LogP contribution < -0.4 is 18.9 Å². The summed E-state index contributed by atoms with van der Waals surface area (Å²) in [6, 6.07) is 11.3. The van der Waals surface area contributed by atoms with E-state index in [0.717, 1.165) is 16.9 Å². The van der Waals surface area contributed by atoms with Crippen molar-refractivity contribution >= 4 is 0 Å². The first kappa shape index (κ1) is 16.5. The largest absolute Gasteiger partial charge is 0.497 e. The van der Waals surface area contributed by atoms with Gasteiger partial charge in [0.05, 0.1) is 34.0 Å². The Balaban J connectivity index is 1.79. The Bertz CT molecular complexity index is 713. The van der Waals surface area contributed by atoms with Crippen LogP contribution in [-0.2, 0) is 6.42 Å². The highest BCUT2D eigenvalue weighted by Gasteiger charge is 2.30. The van der Waals surface area contributed by atoms with Gasteiger partial charge in [0.2, 0.25) is 0 Å². The fraction of sp³-hybridized carbons (Fsp3) is 0.368. The van der Waals surface area contributed by atoms with Crippen molar-refractivity contribution in [2.45, 2.75) is 12.5 Å². The normalized spacial score (nSPS) is 19.2. The van der Waals surface area contributed by atoms with E-state index in [2.05, 4.69) is 0 Å². The standard InChI is InChI=1S/C19H22O5/c1-21-14-5-6-15-17(10-14)24-11-13(19(15)20)8-12-4-7-16(22-2)18(9-12)23-3/h4-7,9-10,13,19-20H,8,11H2,1-3H3/t13-,19+/m1/s1. The van der Waals surface area contributed by atoms with E-state index in [-0.39, 0.29) is 5.92 Å². The lowest BCUT2D eigenvalue weighted by molar-refractivity contribution is 0.0506. The average molecular weight is 330 g/mol. The number of aliphatic hydroxyl groups excluding tert-OH is 1. The van der Waals surface area contributed by atoms with E-state index >= 15 is 0 Å². The van der Waals surface area contributed by atoms with Crippen LogP contribution in [0.2, 0.25) is 0 Å². The first-order chi connectivity index (χ1) is 11.7. The van der Waals surface area contributed by atoms with Gasteiger partial charge < -0.3 is 24.1 Å². The highest BCUT2D eigenvalue weighted by atomic mass is 16.5. The molecule has 0 radical (unpaired) electrons. The summed E-state index contributed by atoms with van der Waals surface area (Å²) in [4.78, 5) is 0. The Kier molecular flexibility index (Phi) is 4.81. The van der Waals surface area contributed by atoms with E-state index < -0.39 is 6.10 Å². The molecule has 1 N–H and O–H groups in total. The molecule has 0 saturated carbocycles. The van der Waals surface area contributed by atoms with Crippen LogP contribution >= 0.6 is 0 Å². The lowest BCUT2D eigenvalue weighted by atomic mass is 9.88. The Hall–Kier alpha value is -2.40. The first-order valence-corrected chi connectivity index (χ1v) is 7.86. The predicted molar refractivity (Wildman–Crippen MR) is 90.2 cm³/mol. The molecule has 0 amide bonds. The number of fused-ring (bicyclic) bond motifs is 1. The summed E-state index contributed by atoms with van der Waals surface area (Å²) >= 11 is 0. The van der Waals surface area contributed by atoms with Gasteiger partial charge in [-0.15, -0.1) is 0 Å². The van der Waals surface area contributed by atoms with Gasteiger partial charge in [-0.3, -0.25) is 0 Å². The van der Waals surface area contributed by atoms with Crippen molar-refractivity contribution in [1.82, 2.24) is 0 Å². The van der Waals surface area contributed by atoms with Crippen LogP contribution in [0, 0.1) is 5.92 Å². The highest BCUT2D eigenvalue weighted by Crippen LogP contribution is 2.39. The molecule has 0 spiro atoms. The van der Waals surface area contributed by atoms with Crippen LogP contribution in [-0.4, -0.2) is 33.0 Å². The Morgan fingerprint density at radius 3 is 2.50 bits per heavy atom. The second-order valence-electron chi connectivity index (χ2n) is 5.81. The fourth-order valence-corrected chi connectivity index (χ4v) is 3.03. The third-order valence-corrected chi connectivity index (χ3v) is 4.38. The van der Waals surface area contributed by atoms with E-state index in [0.29, 0.717) is 30.3 Å². The smallest absolute Gasteiger partial charge is 0.160 e. The van der Waals surface area contributed by atoms with Crippen LogP contribution in [0.3, 0.4) is 0 Å². The molecule has 0 aliphatic carbocycles. The van der Waals surface area contributed by atoms with Gasteiger partial charge in [-0.25, -0.2) is 0 Å². The average Bonchev–Trinajstić information content (AvgIpc) is 2.63. The van der Waals surface area contributed by atoms with Gasteiger partial charge >= 0.3 is 0 Å². The van der Waals surface area contributed by atoms with Crippen molar-refractivity contribution in [3.63, 3.8) is 0 Å². The Labute approximate surface area is 141 Å². The maximum atomic E-state index is 10.7. The maximum Gasteiger partial charge on any atom is 0.160 e. The minimum atomic E-state index is -0.576. The van der Waals surface area contributed by atoms with E-state index in [4.69, 9.17) is 18.9 Å². The second-order valence-corrected chi connectivity index (χ2v) is 5.81. The molecular weight excluding hydrogens is 308 g/mol. The van der Waals surface area contributed by atoms with Crippen LogP contribution in [0.1, 0.15) is 17.2 Å². The molecule has 5 nitrogen and oxygen atoms in total. The minimum Gasteiger partial charge on any atom is -0.497 e. The minimum absolute atomic E-state index is 0.0241. The van der Waals surface area contributed by atoms with E-state index in [1.165, 1.54) is 0 Å². The molecule has 1 heterocycles. The van der Waals surface area contributed by atoms with Crippen molar-refractivity contribution in [3.8, 4) is 23.0 Å². The van der Waals surface area contributed by atoms with Gasteiger partial charge in [0, 0.05) is 17.5 Å². The second kappa shape index (κ2) is 7.01. The summed E-state index contributed by atoms with van der Waals surface area (Å²) in [5.74, 6) is 2.76. The van der Waals surface area contributed by atoms with Gasteiger partial charge in [0.1, 0.15) is 11.5 Å². The molecule has 3 rings (SSSR count). The molecule has 5 heteroatoms. The summed E-state index contributed by atoms with van der Waals surface area (Å²) in [6.07, 6.45) is 0.111. The zero-order chi connectivity index (χ0) is 17.1. The summed E-state index contributed by atoms with van der Waals surface area (Å²) in [5.41, 5.74) is 1.87. The van der Waals surface area contributed by atoms with Crippen molar-refractivity contribution in [2.24, 2.45) is 5.92 Å². The van der Waals surface area contributed by atoms with Gasteiger partial charge in [-0.2, -0.15) is 0 Å². The quantitative estimate of drug-likeness (QED) is 0.913. The number of methoxy groups -OCH3 is 3. The van der Waals surface area contributed by atoms with Crippen molar-refractivity contribution in [1.29, 1.82) is 0 Å².